The van der Waals surface area contributed by atoms with Gasteiger partial charge in [-0.05, 0) is 38.1 Å². The fraction of sp³-hybridized carbons (Fsp3) is 0.118. The van der Waals surface area contributed by atoms with E-state index in [4.69, 9.17) is 11.6 Å². The molecule has 0 radical (unpaired) electrons. The predicted molar refractivity (Wildman–Crippen MR) is 83.5 cm³/mol. The fourth-order valence-electron chi connectivity index (χ4n) is 2.39. The van der Waals surface area contributed by atoms with Gasteiger partial charge in [-0.25, -0.2) is 4.98 Å². The third-order valence-corrected chi connectivity index (χ3v) is 3.55. The Morgan fingerprint density at radius 3 is 2.40 bits per heavy atom. The molecule has 0 aliphatic rings. The van der Waals surface area contributed by atoms with Crippen molar-refractivity contribution >= 4 is 11.6 Å². The van der Waals surface area contributed by atoms with Crippen LogP contribution in [-0.4, -0.2) is 9.55 Å². The number of hydrogen-bond acceptors (Lipinski definition) is 1. The van der Waals surface area contributed by atoms with Crippen LogP contribution in [0.4, 0.5) is 0 Å². The van der Waals surface area contributed by atoms with Gasteiger partial charge in [0.05, 0.1) is 22.7 Å². The molecule has 0 unspecified atom stereocenters. The molecule has 0 aliphatic heterocycles. The van der Waals surface area contributed by atoms with Gasteiger partial charge in [-0.1, -0.05) is 40.9 Å². The van der Waals surface area contributed by atoms with Gasteiger partial charge in [0, 0.05) is 11.8 Å². The summed E-state index contributed by atoms with van der Waals surface area (Å²) in [6.45, 7) is 4.20. The van der Waals surface area contributed by atoms with E-state index in [-0.39, 0.29) is 0 Å². The van der Waals surface area contributed by atoms with Crippen molar-refractivity contribution in [3.8, 4) is 16.9 Å². The highest BCUT2D eigenvalue weighted by atomic mass is 35.5. The molecule has 1 heterocycles. The van der Waals surface area contributed by atoms with Gasteiger partial charge in [-0.3, -0.25) is 0 Å². The van der Waals surface area contributed by atoms with E-state index in [1.54, 1.807) is 6.33 Å². The summed E-state index contributed by atoms with van der Waals surface area (Å²) in [5.41, 5.74) is 5.52. The van der Waals surface area contributed by atoms with Crippen LogP contribution in [0.1, 0.15) is 11.1 Å². The SMILES string of the molecule is Cc1cc(C)cc(-c2cn(-c3ccccc3Cl)cn2)c1. The van der Waals surface area contributed by atoms with E-state index in [9.17, 15) is 0 Å². The minimum Gasteiger partial charge on any atom is -0.304 e. The van der Waals surface area contributed by atoms with E-state index in [0.717, 1.165) is 22.0 Å². The first-order valence-corrected chi connectivity index (χ1v) is 6.89. The molecule has 0 bridgehead atoms. The summed E-state index contributed by atoms with van der Waals surface area (Å²) in [5.74, 6) is 0. The highest BCUT2D eigenvalue weighted by molar-refractivity contribution is 6.32. The first-order chi connectivity index (χ1) is 9.63. The molecule has 2 aromatic carbocycles. The lowest BCUT2D eigenvalue weighted by atomic mass is 10.1. The Bertz CT molecular complexity index is 739. The van der Waals surface area contributed by atoms with Gasteiger partial charge in [-0.2, -0.15) is 0 Å². The van der Waals surface area contributed by atoms with Crippen LogP contribution in [0.2, 0.25) is 5.02 Å². The Balaban J connectivity index is 2.04. The molecule has 3 heteroatoms. The second-order valence-corrected chi connectivity index (χ2v) is 5.40. The number of rotatable bonds is 2. The third kappa shape index (κ3) is 2.47. The van der Waals surface area contributed by atoms with Gasteiger partial charge in [0.25, 0.3) is 0 Å². The second kappa shape index (κ2) is 5.14. The van der Waals surface area contributed by atoms with Crippen LogP contribution in [0.3, 0.4) is 0 Å². The van der Waals surface area contributed by atoms with Gasteiger partial charge in [0.1, 0.15) is 0 Å². The molecule has 0 fully saturated rings. The first kappa shape index (κ1) is 12.9. The Morgan fingerprint density at radius 1 is 1.00 bits per heavy atom. The maximum Gasteiger partial charge on any atom is 0.1000 e. The van der Waals surface area contributed by atoms with Crippen molar-refractivity contribution in [3.05, 3.63) is 71.1 Å². The van der Waals surface area contributed by atoms with Crippen LogP contribution in [0.15, 0.2) is 55.0 Å². The van der Waals surface area contributed by atoms with Crippen molar-refractivity contribution in [2.45, 2.75) is 13.8 Å². The number of aromatic nitrogens is 2. The maximum atomic E-state index is 6.22. The van der Waals surface area contributed by atoms with Gasteiger partial charge in [0.2, 0.25) is 0 Å². The highest BCUT2D eigenvalue weighted by Crippen LogP contribution is 2.24. The molecule has 100 valence electrons. The summed E-state index contributed by atoms with van der Waals surface area (Å²) in [6.07, 6.45) is 3.81. The largest absolute Gasteiger partial charge is 0.304 e. The third-order valence-electron chi connectivity index (χ3n) is 3.23. The molecule has 3 aromatic rings. The predicted octanol–water partition coefficient (Wildman–Crippen LogP) is 4.81. The molecule has 0 atom stereocenters. The zero-order valence-electron chi connectivity index (χ0n) is 11.5. The van der Waals surface area contributed by atoms with Gasteiger partial charge in [0.15, 0.2) is 0 Å². The van der Waals surface area contributed by atoms with Crippen molar-refractivity contribution in [1.82, 2.24) is 9.55 Å². The standard InChI is InChI=1S/C17H15ClN2/c1-12-7-13(2)9-14(8-12)16-10-20(11-19-16)17-6-4-3-5-15(17)18/h3-11H,1-2H3. The lowest BCUT2D eigenvalue weighted by Gasteiger charge is -2.04. The smallest absolute Gasteiger partial charge is 0.1000 e. The summed E-state index contributed by atoms with van der Waals surface area (Å²) in [7, 11) is 0. The summed E-state index contributed by atoms with van der Waals surface area (Å²) in [5, 5.41) is 0.719. The summed E-state index contributed by atoms with van der Waals surface area (Å²) >= 11 is 6.22. The van der Waals surface area contributed by atoms with Crippen molar-refractivity contribution < 1.29 is 0 Å². The van der Waals surface area contributed by atoms with E-state index in [1.807, 2.05) is 35.0 Å². The number of para-hydroxylation sites is 1. The summed E-state index contributed by atoms with van der Waals surface area (Å²) < 4.78 is 1.95. The number of hydrogen-bond donors (Lipinski definition) is 0. The quantitative estimate of drug-likeness (QED) is 0.659. The molecule has 20 heavy (non-hydrogen) atoms. The zero-order chi connectivity index (χ0) is 14.1. The van der Waals surface area contributed by atoms with Crippen LogP contribution in [0.5, 0.6) is 0 Å². The van der Waals surface area contributed by atoms with Gasteiger partial charge in [-0.15, -0.1) is 0 Å². The molecular weight excluding hydrogens is 268 g/mol. The summed E-state index contributed by atoms with van der Waals surface area (Å²) in [6, 6.07) is 14.2. The lowest BCUT2D eigenvalue weighted by Crippen LogP contribution is -1.90. The van der Waals surface area contributed by atoms with Gasteiger partial charge >= 0.3 is 0 Å². The molecule has 0 aliphatic carbocycles. The Morgan fingerprint density at radius 2 is 1.70 bits per heavy atom. The minimum absolute atomic E-state index is 0.719. The minimum atomic E-state index is 0.719. The van der Waals surface area contributed by atoms with E-state index >= 15 is 0 Å². The van der Waals surface area contributed by atoms with E-state index < -0.39 is 0 Å². The van der Waals surface area contributed by atoms with Crippen molar-refractivity contribution in [2.75, 3.05) is 0 Å². The van der Waals surface area contributed by atoms with E-state index in [1.165, 1.54) is 11.1 Å². The molecule has 3 rings (SSSR count). The topological polar surface area (TPSA) is 17.8 Å². The average Bonchev–Trinajstić information content (AvgIpc) is 2.87. The number of halogens is 1. The van der Waals surface area contributed by atoms with Crippen molar-refractivity contribution in [3.63, 3.8) is 0 Å². The number of imidazole rings is 1. The molecule has 0 N–H and O–H groups in total. The zero-order valence-corrected chi connectivity index (χ0v) is 12.2. The Hall–Kier alpha value is -2.06. The molecule has 0 amide bonds. The molecule has 1 aromatic heterocycles. The Labute approximate surface area is 123 Å². The van der Waals surface area contributed by atoms with Crippen molar-refractivity contribution in [1.29, 1.82) is 0 Å². The Kier molecular flexibility index (Phi) is 3.33. The number of benzene rings is 2. The maximum absolute atomic E-state index is 6.22. The normalized spacial score (nSPS) is 10.8. The van der Waals surface area contributed by atoms with E-state index in [0.29, 0.717) is 0 Å². The first-order valence-electron chi connectivity index (χ1n) is 6.51. The second-order valence-electron chi connectivity index (χ2n) is 4.99. The van der Waals surface area contributed by atoms with Crippen LogP contribution in [-0.2, 0) is 0 Å². The van der Waals surface area contributed by atoms with Crippen LogP contribution < -0.4 is 0 Å². The molecule has 0 saturated heterocycles. The molecule has 2 nitrogen and oxygen atoms in total. The molecular formula is C17H15ClN2. The van der Waals surface area contributed by atoms with Gasteiger partial charge < -0.3 is 4.57 Å². The fourth-order valence-corrected chi connectivity index (χ4v) is 2.62. The highest BCUT2D eigenvalue weighted by Gasteiger charge is 2.06. The van der Waals surface area contributed by atoms with Crippen LogP contribution in [0.25, 0.3) is 16.9 Å². The number of nitrogens with zero attached hydrogens (tertiary/aromatic N) is 2. The summed E-state index contributed by atoms with van der Waals surface area (Å²) in [4.78, 5) is 4.49. The van der Waals surface area contributed by atoms with Crippen LogP contribution >= 0.6 is 11.6 Å². The van der Waals surface area contributed by atoms with Crippen molar-refractivity contribution in [2.24, 2.45) is 0 Å². The van der Waals surface area contributed by atoms with E-state index in [2.05, 4.69) is 37.0 Å². The monoisotopic (exact) mass is 282 g/mol. The molecule has 0 spiro atoms. The average molecular weight is 283 g/mol. The number of aryl methyl sites for hydroxylation is 2. The van der Waals surface area contributed by atoms with Crippen LogP contribution in [0, 0.1) is 13.8 Å². The molecule has 0 saturated carbocycles. The lowest BCUT2D eigenvalue weighted by molar-refractivity contribution is 1.06.